The topological polar surface area (TPSA) is 66.5 Å². The van der Waals surface area contributed by atoms with E-state index in [1.807, 2.05) is 0 Å². The number of nitrogens with one attached hydrogen (secondary N) is 1. The van der Waals surface area contributed by atoms with Crippen molar-refractivity contribution in [2.75, 3.05) is 13.1 Å². The van der Waals surface area contributed by atoms with Gasteiger partial charge in [-0.2, -0.15) is 4.31 Å². The number of hydrogen-bond acceptors (Lipinski definition) is 4. The Morgan fingerprint density at radius 3 is 2.18 bits per heavy atom. The molecule has 4 saturated carbocycles. The molecule has 5 fully saturated rings. The molecule has 0 radical (unpaired) electrons. The quantitative estimate of drug-likeness (QED) is 0.772. The molecule has 8 heteroatoms. The molecule has 0 unspecified atom stereocenters. The lowest BCUT2D eigenvalue weighted by atomic mass is 9.54. The van der Waals surface area contributed by atoms with Gasteiger partial charge in [-0.05, 0) is 80.8 Å². The first-order chi connectivity index (χ1) is 13.4. The van der Waals surface area contributed by atoms with E-state index in [1.54, 1.807) is 12.1 Å². The average molecular weight is 443 g/mol. The van der Waals surface area contributed by atoms with Crippen molar-refractivity contribution in [1.29, 1.82) is 0 Å². The molecule has 1 aromatic heterocycles. The second kappa shape index (κ2) is 7.25. The number of halogens is 1. The molecular weight excluding hydrogens is 416 g/mol. The standard InChI is InChI=1S/C20H27ClN2O3S2/c21-17-1-2-18(27-17)28(25,26)23-5-3-14(4-6-23)20(24)22-19-15-8-12-7-13(10-15)11-16(19)9-12/h1-2,12-16,19H,3-11H2,(H,22,24). The lowest BCUT2D eigenvalue weighted by Gasteiger charge is -2.54. The number of thiophene rings is 1. The van der Waals surface area contributed by atoms with E-state index in [-0.39, 0.29) is 16.0 Å². The summed E-state index contributed by atoms with van der Waals surface area (Å²) in [6.45, 7) is 0.801. The molecule has 5 nitrogen and oxygen atoms in total. The zero-order valence-electron chi connectivity index (χ0n) is 15.8. The lowest BCUT2D eigenvalue weighted by Crippen LogP contribution is -2.57. The smallest absolute Gasteiger partial charge is 0.252 e. The third-order valence-electron chi connectivity index (χ3n) is 7.50. The minimum absolute atomic E-state index is 0.0736. The number of carbonyl (C=O) groups excluding carboxylic acids is 1. The molecule has 5 aliphatic rings. The van der Waals surface area contributed by atoms with E-state index < -0.39 is 10.0 Å². The first-order valence-electron chi connectivity index (χ1n) is 10.5. The molecule has 1 amide bonds. The minimum atomic E-state index is -3.50. The van der Waals surface area contributed by atoms with Crippen molar-refractivity contribution in [2.24, 2.45) is 29.6 Å². The Morgan fingerprint density at radius 2 is 1.64 bits per heavy atom. The van der Waals surface area contributed by atoms with Crippen LogP contribution < -0.4 is 5.32 Å². The predicted molar refractivity (Wildman–Crippen MR) is 110 cm³/mol. The van der Waals surface area contributed by atoms with Crippen LogP contribution in [-0.4, -0.2) is 37.8 Å². The highest BCUT2D eigenvalue weighted by atomic mass is 35.5. The van der Waals surface area contributed by atoms with Crippen molar-refractivity contribution in [3.63, 3.8) is 0 Å². The molecule has 1 N–H and O–H groups in total. The van der Waals surface area contributed by atoms with Crippen molar-refractivity contribution in [3.05, 3.63) is 16.5 Å². The molecule has 1 saturated heterocycles. The molecule has 0 spiro atoms. The van der Waals surface area contributed by atoms with E-state index in [4.69, 9.17) is 11.6 Å². The van der Waals surface area contributed by atoms with Crippen molar-refractivity contribution in [1.82, 2.24) is 9.62 Å². The highest BCUT2D eigenvalue weighted by Gasteiger charge is 2.49. The van der Waals surface area contributed by atoms with Crippen LogP contribution in [-0.2, 0) is 14.8 Å². The van der Waals surface area contributed by atoms with Crippen LogP contribution in [0.15, 0.2) is 16.3 Å². The van der Waals surface area contributed by atoms with Crippen LogP contribution in [0.4, 0.5) is 0 Å². The fourth-order valence-corrected chi connectivity index (χ4v) is 9.47. The number of sulfonamides is 1. The molecule has 1 aliphatic heterocycles. The van der Waals surface area contributed by atoms with Gasteiger partial charge < -0.3 is 5.32 Å². The Bertz CT molecular complexity index is 833. The van der Waals surface area contributed by atoms with Crippen LogP contribution in [0.2, 0.25) is 4.34 Å². The molecular formula is C20H27ClN2O3S2. The van der Waals surface area contributed by atoms with Gasteiger partial charge in [-0.1, -0.05) is 11.6 Å². The van der Waals surface area contributed by atoms with Gasteiger partial charge in [-0.25, -0.2) is 8.42 Å². The fourth-order valence-electron chi connectivity index (χ4n) is 6.36. The SMILES string of the molecule is O=C(NC1C2CC3CC(C2)CC1C3)C1CCN(S(=O)(=O)c2ccc(Cl)s2)CC1. The summed E-state index contributed by atoms with van der Waals surface area (Å²) in [4.78, 5) is 12.9. The van der Waals surface area contributed by atoms with E-state index in [0.717, 1.165) is 23.2 Å². The number of carbonyl (C=O) groups is 1. The first kappa shape index (κ1) is 19.3. The van der Waals surface area contributed by atoms with Crippen LogP contribution in [0.25, 0.3) is 0 Å². The second-order valence-corrected chi connectivity index (χ2v) is 13.1. The average Bonchev–Trinajstić information content (AvgIpc) is 3.11. The Kier molecular flexibility index (Phi) is 5.01. The van der Waals surface area contributed by atoms with Gasteiger partial charge in [0.2, 0.25) is 5.91 Å². The maximum atomic E-state index is 12.9. The third-order valence-corrected chi connectivity index (χ3v) is 11.1. The summed E-state index contributed by atoms with van der Waals surface area (Å²) in [5, 5.41) is 3.40. The van der Waals surface area contributed by atoms with Gasteiger partial charge >= 0.3 is 0 Å². The highest BCUT2D eigenvalue weighted by Crippen LogP contribution is 2.53. The van der Waals surface area contributed by atoms with E-state index in [9.17, 15) is 13.2 Å². The zero-order valence-corrected chi connectivity index (χ0v) is 18.2. The van der Waals surface area contributed by atoms with Crippen LogP contribution in [0.1, 0.15) is 44.9 Å². The van der Waals surface area contributed by atoms with E-state index in [1.165, 1.54) is 36.4 Å². The number of amides is 1. The third kappa shape index (κ3) is 3.42. The Hall–Kier alpha value is -0.630. The van der Waals surface area contributed by atoms with Crippen molar-refractivity contribution >= 4 is 38.9 Å². The monoisotopic (exact) mass is 442 g/mol. The van der Waals surface area contributed by atoms with E-state index in [0.29, 0.717) is 48.1 Å². The van der Waals surface area contributed by atoms with Gasteiger partial charge in [-0.15, -0.1) is 11.3 Å². The summed E-state index contributed by atoms with van der Waals surface area (Å²) in [7, 11) is -3.50. The van der Waals surface area contributed by atoms with Crippen molar-refractivity contribution in [3.8, 4) is 0 Å². The van der Waals surface area contributed by atoms with Gasteiger partial charge in [0.1, 0.15) is 4.21 Å². The van der Waals surface area contributed by atoms with Gasteiger partial charge in [-0.3, -0.25) is 4.79 Å². The van der Waals surface area contributed by atoms with Gasteiger partial charge in [0.25, 0.3) is 10.0 Å². The minimum Gasteiger partial charge on any atom is -0.353 e. The normalized spacial score (nSPS) is 36.0. The predicted octanol–water partition coefficient (Wildman–Crippen LogP) is 3.74. The molecule has 4 aliphatic carbocycles. The molecule has 6 rings (SSSR count). The number of rotatable bonds is 4. The van der Waals surface area contributed by atoms with Crippen LogP contribution in [0.3, 0.4) is 0 Å². The summed E-state index contributed by atoms with van der Waals surface area (Å²) in [6, 6.07) is 3.54. The number of hydrogen-bond donors (Lipinski definition) is 1. The van der Waals surface area contributed by atoms with Crippen molar-refractivity contribution in [2.45, 2.75) is 55.2 Å². The second-order valence-electron chi connectivity index (χ2n) is 9.20. The Morgan fingerprint density at radius 1 is 1.04 bits per heavy atom. The van der Waals surface area contributed by atoms with E-state index in [2.05, 4.69) is 5.32 Å². The first-order valence-corrected chi connectivity index (χ1v) is 13.1. The number of nitrogens with zero attached hydrogens (tertiary/aromatic N) is 1. The summed E-state index contributed by atoms with van der Waals surface area (Å²) >= 11 is 6.99. The molecule has 1 aromatic rings. The van der Waals surface area contributed by atoms with Crippen molar-refractivity contribution < 1.29 is 13.2 Å². The molecule has 2 heterocycles. The van der Waals surface area contributed by atoms with Gasteiger partial charge in [0.15, 0.2) is 0 Å². The van der Waals surface area contributed by atoms with Crippen LogP contribution >= 0.6 is 22.9 Å². The maximum absolute atomic E-state index is 12.9. The van der Waals surface area contributed by atoms with Crippen LogP contribution in [0, 0.1) is 29.6 Å². The summed E-state index contributed by atoms with van der Waals surface area (Å²) in [5.74, 6) is 3.21. The van der Waals surface area contributed by atoms with Gasteiger partial charge in [0, 0.05) is 25.0 Å². The molecule has 154 valence electrons. The fraction of sp³-hybridized carbons (Fsp3) is 0.750. The van der Waals surface area contributed by atoms with Gasteiger partial charge in [0.05, 0.1) is 4.34 Å². The lowest BCUT2D eigenvalue weighted by molar-refractivity contribution is -0.130. The number of piperidine rings is 1. The zero-order chi connectivity index (χ0) is 19.5. The molecule has 0 atom stereocenters. The van der Waals surface area contributed by atoms with E-state index >= 15 is 0 Å². The summed E-state index contributed by atoms with van der Waals surface area (Å²) < 4.78 is 27.7. The molecule has 4 bridgehead atoms. The largest absolute Gasteiger partial charge is 0.353 e. The summed E-state index contributed by atoms with van der Waals surface area (Å²) in [6.07, 6.45) is 7.76. The molecule has 28 heavy (non-hydrogen) atoms. The van der Waals surface area contributed by atoms with Crippen LogP contribution in [0.5, 0.6) is 0 Å². The molecule has 0 aromatic carbocycles. The highest BCUT2D eigenvalue weighted by molar-refractivity contribution is 7.91. The Balaban J connectivity index is 1.19. The maximum Gasteiger partial charge on any atom is 0.252 e. The summed E-state index contributed by atoms with van der Waals surface area (Å²) in [5.41, 5.74) is 0. The Labute approximate surface area is 175 Å².